The molecule has 0 unspecified atom stereocenters. The molecule has 0 radical (unpaired) electrons. The summed E-state index contributed by atoms with van der Waals surface area (Å²) in [4.78, 5) is 12.5. The topological polar surface area (TPSA) is 103 Å². The van der Waals surface area contributed by atoms with Crippen LogP contribution in [-0.4, -0.2) is 46.6 Å². The predicted octanol–water partition coefficient (Wildman–Crippen LogP) is 2.90. The largest absolute Gasteiger partial charge is 0.325 e. The van der Waals surface area contributed by atoms with Gasteiger partial charge in [-0.05, 0) is 61.0 Å². The predicted molar refractivity (Wildman–Crippen MR) is 114 cm³/mol. The number of aryl methyl sites for hydroxylation is 3. The molecule has 0 saturated carbocycles. The van der Waals surface area contributed by atoms with Crippen LogP contribution in [0.2, 0.25) is 0 Å². The van der Waals surface area contributed by atoms with E-state index in [1.54, 1.807) is 11.0 Å². The molecule has 152 valence electrons. The molecular formula is C20H20N8OS. The van der Waals surface area contributed by atoms with Gasteiger partial charge in [0.15, 0.2) is 11.0 Å². The van der Waals surface area contributed by atoms with Gasteiger partial charge in [-0.1, -0.05) is 35.5 Å². The van der Waals surface area contributed by atoms with E-state index in [-0.39, 0.29) is 11.7 Å². The van der Waals surface area contributed by atoms with E-state index in [1.165, 1.54) is 17.3 Å². The van der Waals surface area contributed by atoms with Crippen molar-refractivity contribution in [1.29, 1.82) is 0 Å². The van der Waals surface area contributed by atoms with Crippen molar-refractivity contribution in [1.82, 2.24) is 35.0 Å². The molecule has 2 heterocycles. The Labute approximate surface area is 177 Å². The zero-order chi connectivity index (χ0) is 21.1. The average molecular weight is 421 g/mol. The summed E-state index contributed by atoms with van der Waals surface area (Å²) in [5, 5.41) is 23.3. The number of carbonyl (C=O) groups excluding carboxylic acids is 1. The van der Waals surface area contributed by atoms with Crippen LogP contribution in [0.15, 0.2) is 53.9 Å². The molecule has 30 heavy (non-hydrogen) atoms. The zero-order valence-electron chi connectivity index (χ0n) is 16.8. The van der Waals surface area contributed by atoms with E-state index in [4.69, 9.17) is 0 Å². The SMILES string of the molecule is Cc1ccc(-n2cnnc2SCC(=O)Nc2ccc(C)c(-n3nnnc3C)c2)cc1. The first-order valence-corrected chi connectivity index (χ1v) is 10.3. The molecule has 2 aromatic heterocycles. The number of hydrogen-bond acceptors (Lipinski definition) is 7. The molecule has 0 aliphatic rings. The van der Waals surface area contributed by atoms with Crippen LogP contribution in [-0.2, 0) is 4.79 Å². The van der Waals surface area contributed by atoms with E-state index in [1.807, 2.05) is 67.8 Å². The molecule has 1 amide bonds. The smallest absolute Gasteiger partial charge is 0.234 e. The van der Waals surface area contributed by atoms with Gasteiger partial charge in [0.2, 0.25) is 5.91 Å². The minimum atomic E-state index is -0.137. The number of benzene rings is 2. The Hall–Kier alpha value is -3.53. The Morgan fingerprint density at radius 3 is 2.60 bits per heavy atom. The Balaban J connectivity index is 1.44. The number of tetrazole rings is 1. The Morgan fingerprint density at radius 1 is 1.07 bits per heavy atom. The number of aromatic nitrogens is 7. The van der Waals surface area contributed by atoms with Gasteiger partial charge in [-0.25, -0.2) is 0 Å². The lowest BCUT2D eigenvalue weighted by molar-refractivity contribution is -0.113. The number of amides is 1. The van der Waals surface area contributed by atoms with Gasteiger partial charge < -0.3 is 5.32 Å². The monoisotopic (exact) mass is 420 g/mol. The fraction of sp³-hybridized carbons (Fsp3) is 0.200. The lowest BCUT2D eigenvalue weighted by Gasteiger charge is -2.10. The number of rotatable bonds is 6. The third-order valence-electron chi connectivity index (χ3n) is 4.51. The Morgan fingerprint density at radius 2 is 1.87 bits per heavy atom. The quantitative estimate of drug-likeness (QED) is 0.478. The summed E-state index contributed by atoms with van der Waals surface area (Å²) in [6.07, 6.45) is 1.64. The van der Waals surface area contributed by atoms with E-state index < -0.39 is 0 Å². The van der Waals surface area contributed by atoms with Crippen LogP contribution >= 0.6 is 11.8 Å². The summed E-state index contributed by atoms with van der Waals surface area (Å²) < 4.78 is 3.51. The molecule has 0 bridgehead atoms. The summed E-state index contributed by atoms with van der Waals surface area (Å²) in [6, 6.07) is 13.7. The number of nitrogens with one attached hydrogen (secondary N) is 1. The van der Waals surface area contributed by atoms with Crippen molar-refractivity contribution in [2.45, 2.75) is 25.9 Å². The van der Waals surface area contributed by atoms with E-state index >= 15 is 0 Å². The Bertz CT molecular complexity index is 1180. The van der Waals surface area contributed by atoms with Crippen molar-refractivity contribution in [3.63, 3.8) is 0 Å². The highest BCUT2D eigenvalue weighted by molar-refractivity contribution is 7.99. The highest BCUT2D eigenvalue weighted by Crippen LogP contribution is 2.22. The van der Waals surface area contributed by atoms with Crippen LogP contribution in [0.25, 0.3) is 11.4 Å². The highest BCUT2D eigenvalue weighted by Gasteiger charge is 2.12. The van der Waals surface area contributed by atoms with Gasteiger partial charge in [0.05, 0.1) is 11.4 Å². The summed E-state index contributed by atoms with van der Waals surface area (Å²) in [6.45, 7) is 5.83. The Kier molecular flexibility index (Phi) is 5.57. The molecule has 4 rings (SSSR count). The standard InChI is InChI=1S/C20H20N8OS/c1-13-4-8-17(9-5-13)27-12-21-24-20(27)30-11-19(29)22-16-7-6-14(2)18(10-16)28-15(3)23-25-26-28/h4-10,12H,11H2,1-3H3,(H,22,29). The van der Waals surface area contributed by atoms with Crippen molar-refractivity contribution in [3.05, 3.63) is 65.7 Å². The molecule has 0 saturated heterocycles. The number of nitrogens with zero attached hydrogens (tertiary/aromatic N) is 7. The number of hydrogen-bond donors (Lipinski definition) is 1. The van der Waals surface area contributed by atoms with Crippen molar-refractivity contribution >= 4 is 23.4 Å². The molecule has 0 atom stereocenters. The minimum Gasteiger partial charge on any atom is -0.325 e. The van der Waals surface area contributed by atoms with Gasteiger partial charge in [-0.2, -0.15) is 4.68 Å². The van der Waals surface area contributed by atoms with Crippen molar-refractivity contribution in [3.8, 4) is 11.4 Å². The van der Waals surface area contributed by atoms with E-state index in [9.17, 15) is 4.79 Å². The van der Waals surface area contributed by atoms with Crippen molar-refractivity contribution in [2.24, 2.45) is 0 Å². The van der Waals surface area contributed by atoms with Crippen LogP contribution in [0.4, 0.5) is 5.69 Å². The van der Waals surface area contributed by atoms with Crippen LogP contribution < -0.4 is 5.32 Å². The number of thioether (sulfide) groups is 1. The lowest BCUT2D eigenvalue weighted by atomic mass is 10.2. The fourth-order valence-corrected chi connectivity index (χ4v) is 3.63. The van der Waals surface area contributed by atoms with E-state index in [0.717, 1.165) is 16.9 Å². The molecule has 2 aromatic carbocycles. The summed E-state index contributed by atoms with van der Waals surface area (Å²) >= 11 is 1.33. The molecule has 4 aromatic rings. The fourth-order valence-electron chi connectivity index (χ4n) is 2.90. The van der Waals surface area contributed by atoms with Gasteiger partial charge in [0.1, 0.15) is 6.33 Å². The molecule has 0 fully saturated rings. The zero-order valence-corrected chi connectivity index (χ0v) is 17.6. The minimum absolute atomic E-state index is 0.137. The van der Waals surface area contributed by atoms with Gasteiger partial charge >= 0.3 is 0 Å². The van der Waals surface area contributed by atoms with E-state index in [0.29, 0.717) is 16.7 Å². The third-order valence-corrected chi connectivity index (χ3v) is 5.45. The maximum Gasteiger partial charge on any atom is 0.234 e. The molecule has 0 spiro atoms. The van der Waals surface area contributed by atoms with E-state index in [2.05, 4.69) is 31.0 Å². The number of anilines is 1. The summed E-state index contributed by atoms with van der Waals surface area (Å²) in [7, 11) is 0. The first kappa shape index (κ1) is 19.8. The number of carbonyl (C=O) groups is 1. The van der Waals surface area contributed by atoms with Crippen LogP contribution in [0.1, 0.15) is 17.0 Å². The van der Waals surface area contributed by atoms with Crippen molar-refractivity contribution < 1.29 is 4.79 Å². The lowest BCUT2D eigenvalue weighted by Crippen LogP contribution is -2.15. The van der Waals surface area contributed by atoms with Gasteiger partial charge in [0.25, 0.3) is 0 Å². The van der Waals surface area contributed by atoms with Gasteiger partial charge in [-0.3, -0.25) is 9.36 Å². The normalized spacial score (nSPS) is 10.9. The summed E-state index contributed by atoms with van der Waals surface area (Å²) in [5.41, 5.74) is 4.63. The van der Waals surface area contributed by atoms with Gasteiger partial charge in [-0.15, -0.1) is 15.3 Å². The average Bonchev–Trinajstić information content (AvgIpc) is 3.37. The second-order valence-electron chi connectivity index (χ2n) is 6.80. The molecule has 10 heteroatoms. The highest BCUT2D eigenvalue weighted by atomic mass is 32.2. The molecule has 0 aliphatic carbocycles. The van der Waals surface area contributed by atoms with Crippen molar-refractivity contribution in [2.75, 3.05) is 11.1 Å². The third kappa shape index (κ3) is 4.23. The molecule has 9 nitrogen and oxygen atoms in total. The van der Waals surface area contributed by atoms with Crippen LogP contribution in [0.3, 0.4) is 0 Å². The first-order chi connectivity index (χ1) is 14.5. The maximum atomic E-state index is 12.5. The maximum absolute atomic E-state index is 12.5. The first-order valence-electron chi connectivity index (χ1n) is 9.27. The second kappa shape index (κ2) is 8.46. The molecule has 1 N–H and O–H groups in total. The van der Waals surface area contributed by atoms with Crippen LogP contribution in [0.5, 0.6) is 0 Å². The van der Waals surface area contributed by atoms with Crippen LogP contribution in [0, 0.1) is 20.8 Å². The second-order valence-corrected chi connectivity index (χ2v) is 7.74. The summed E-state index contributed by atoms with van der Waals surface area (Å²) in [5.74, 6) is 0.742. The molecular weight excluding hydrogens is 400 g/mol. The molecule has 0 aliphatic heterocycles. The van der Waals surface area contributed by atoms with Gasteiger partial charge in [0, 0.05) is 11.4 Å².